The summed E-state index contributed by atoms with van der Waals surface area (Å²) < 4.78 is 56.6. The van der Waals surface area contributed by atoms with Crippen LogP contribution in [0.1, 0.15) is 6.42 Å². The maximum atomic E-state index is 6.02. The van der Waals surface area contributed by atoms with Crippen molar-refractivity contribution in [3.63, 3.8) is 0 Å². The van der Waals surface area contributed by atoms with Gasteiger partial charge in [-0.1, -0.05) is 0 Å². The van der Waals surface area contributed by atoms with Gasteiger partial charge in [-0.15, -0.1) is 0 Å². The minimum absolute atomic E-state index is 0.701. The predicted molar refractivity (Wildman–Crippen MR) is 206 cm³/mol. The van der Waals surface area contributed by atoms with E-state index in [4.69, 9.17) is 31.3 Å². The van der Waals surface area contributed by atoms with Crippen molar-refractivity contribution >= 4 is 45.9 Å². The molecule has 0 saturated heterocycles. The molecule has 0 radical (unpaired) electrons. The first kappa shape index (κ1) is 45.2. The summed E-state index contributed by atoms with van der Waals surface area (Å²) in [7, 11) is 17.5. The molecule has 0 aliphatic carbocycles. The van der Waals surface area contributed by atoms with E-state index in [1.165, 1.54) is 0 Å². The van der Waals surface area contributed by atoms with Gasteiger partial charge in [-0.2, -0.15) is 0 Å². The molecule has 0 fully saturated rings. The molecule has 14 nitrogen and oxygen atoms in total. The van der Waals surface area contributed by atoms with Crippen LogP contribution in [0, 0.1) is 0 Å². The molecule has 0 saturated carbocycles. The summed E-state index contributed by atoms with van der Waals surface area (Å²) in [6.45, 7) is 12.0. The van der Waals surface area contributed by atoms with Gasteiger partial charge in [-0.3, -0.25) is 0 Å². The Morgan fingerprint density at radius 2 is 0.864 bits per heavy atom. The molecule has 0 heterocycles. The van der Waals surface area contributed by atoms with Crippen molar-refractivity contribution in [2.75, 3.05) is 153 Å². The molecule has 0 aromatic heterocycles. The fourth-order valence-electron chi connectivity index (χ4n) is 4.72. The van der Waals surface area contributed by atoms with E-state index in [1.807, 2.05) is 0 Å². The van der Waals surface area contributed by atoms with E-state index in [1.54, 1.807) is 21.3 Å². The van der Waals surface area contributed by atoms with Crippen LogP contribution in [0.25, 0.3) is 0 Å². The summed E-state index contributed by atoms with van der Waals surface area (Å²) in [6, 6.07) is 0.701. The Labute approximate surface area is 274 Å². The Hall–Kier alpha value is 1.17. The Balaban J connectivity index is 8.43. The molecule has 0 N–H and O–H groups in total. The van der Waals surface area contributed by atoms with Crippen molar-refractivity contribution in [3.8, 4) is 0 Å². The number of nitrogens with zero attached hydrogens (tertiary/aromatic N) is 11. The molecule has 0 aromatic rings. The van der Waals surface area contributed by atoms with Crippen molar-refractivity contribution < 1.29 is 13.3 Å². The van der Waals surface area contributed by atoms with Gasteiger partial charge < -0.3 is 0 Å². The van der Waals surface area contributed by atoms with Gasteiger partial charge in [0.2, 0.25) is 0 Å². The third-order valence-electron chi connectivity index (χ3n) is 7.81. The first-order valence-corrected chi connectivity index (χ1v) is 27.2. The van der Waals surface area contributed by atoms with Crippen LogP contribution in [-0.4, -0.2) is 194 Å². The van der Waals surface area contributed by atoms with Gasteiger partial charge in [0, 0.05) is 0 Å². The number of hydrogen-bond acceptors (Lipinski definition) is 7. The van der Waals surface area contributed by atoms with E-state index in [2.05, 4.69) is 158 Å². The minimum atomic E-state index is -3.53. The fourth-order valence-corrected chi connectivity index (χ4v) is 27.0. The molecule has 0 amide bonds. The molecular formula is C24H70N11O3P5Si. The van der Waals surface area contributed by atoms with Crippen molar-refractivity contribution in [1.29, 1.82) is 0 Å². The Bertz CT molecular complexity index is 1050. The van der Waals surface area contributed by atoms with Crippen LogP contribution in [0.5, 0.6) is 0 Å². The van der Waals surface area contributed by atoms with Crippen LogP contribution in [0.3, 0.4) is 0 Å². The SMILES string of the molecule is CO[Si](CCCN(C)P(=N[PH](N=P(C)(C)C)(N=P(C)(N(C)C)N(C)C)N=P(C)(N(C)C)N(C)C)(N(C)C)N(C)C)(OC)OC. The van der Waals surface area contributed by atoms with Crippen molar-refractivity contribution in [2.45, 2.75) is 12.5 Å². The summed E-state index contributed by atoms with van der Waals surface area (Å²) in [5, 5.41) is 0. The fraction of sp³-hybridized carbons (Fsp3) is 1.00. The number of rotatable bonds is 18. The van der Waals surface area contributed by atoms with E-state index in [0.717, 1.165) is 13.0 Å². The second kappa shape index (κ2) is 17.7. The average Bonchev–Trinajstić information content (AvgIpc) is 2.87. The van der Waals surface area contributed by atoms with Gasteiger partial charge in [0.05, 0.1) is 0 Å². The summed E-state index contributed by atoms with van der Waals surface area (Å²) in [4.78, 5) is 0. The maximum absolute atomic E-state index is 6.02. The average molecular weight is 744 g/mol. The van der Waals surface area contributed by atoms with Crippen LogP contribution in [0.4, 0.5) is 0 Å². The van der Waals surface area contributed by atoms with Gasteiger partial charge in [0.1, 0.15) is 0 Å². The van der Waals surface area contributed by atoms with Crippen LogP contribution >= 0.6 is 37.1 Å². The van der Waals surface area contributed by atoms with Crippen molar-refractivity contribution in [2.24, 2.45) is 18.1 Å². The van der Waals surface area contributed by atoms with Crippen LogP contribution in [-0.2, 0) is 13.3 Å². The quantitative estimate of drug-likeness (QED) is 0.117. The monoisotopic (exact) mass is 743 g/mol. The Kier molecular flexibility index (Phi) is 18.2. The van der Waals surface area contributed by atoms with Crippen molar-refractivity contribution in [1.82, 2.24) is 32.7 Å². The van der Waals surface area contributed by atoms with Crippen molar-refractivity contribution in [3.05, 3.63) is 0 Å². The normalized spacial score (nSPS) is 15.0. The van der Waals surface area contributed by atoms with Gasteiger partial charge in [-0.05, 0) is 0 Å². The summed E-state index contributed by atoms with van der Waals surface area (Å²) in [5.74, 6) is 0. The standard InChI is InChI=1S/C24H70N11O3P5Si/c1-29(2)40(20,30(3)4)26-42(25-39(17,18)19,27-41(21,31(5)6)32(7)8)28-43(33(9)10,34(11)12)35(13)23-22-24-44(36-14,37-15)38-16/h42H,22-24H2,1-21H3. The molecular weight excluding hydrogens is 673 g/mol. The van der Waals surface area contributed by atoms with E-state index < -0.39 is 45.9 Å². The second-order valence-electron chi connectivity index (χ2n) is 13.1. The summed E-state index contributed by atoms with van der Waals surface area (Å²) >= 11 is 0. The molecule has 0 atom stereocenters. The molecule has 268 valence electrons. The van der Waals surface area contributed by atoms with Crippen LogP contribution in [0.15, 0.2) is 18.1 Å². The topological polar surface area (TPSA) is 99.8 Å². The zero-order chi connectivity index (χ0) is 35.1. The number of hydrogen-bond donors (Lipinski definition) is 0. The van der Waals surface area contributed by atoms with E-state index in [9.17, 15) is 0 Å². The molecule has 0 aliphatic heterocycles. The molecule has 0 rings (SSSR count). The molecule has 0 unspecified atom stereocenters. The van der Waals surface area contributed by atoms with E-state index in [0.29, 0.717) is 6.04 Å². The first-order chi connectivity index (χ1) is 19.8. The summed E-state index contributed by atoms with van der Waals surface area (Å²) in [5.41, 5.74) is 0. The Morgan fingerprint density at radius 3 is 1.11 bits per heavy atom. The predicted octanol–water partition coefficient (Wildman–Crippen LogP) is 6.32. The Morgan fingerprint density at radius 1 is 0.523 bits per heavy atom. The summed E-state index contributed by atoms with van der Waals surface area (Å²) in [6.07, 6.45) is 0.823. The van der Waals surface area contributed by atoms with Gasteiger partial charge >= 0.3 is 275 Å². The van der Waals surface area contributed by atoms with Crippen LogP contribution < -0.4 is 0 Å². The molecule has 0 bridgehead atoms. The first-order valence-electron chi connectivity index (χ1n) is 14.7. The zero-order valence-electron chi connectivity index (χ0n) is 32.1. The third kappa shape index (κ3) is 11.1. The molecule has 0 aromatic carbocycles. The van der Waals surface area contributed by atoms with Gasteiger partial charge in [-0.25, -0.2) is 0 Å². The van der Waals surface area contributed by atoms with Crippen LogP contribution in [0.2, 0.25) is 6.04 Å². The zero-order valence-corrected chi connectivity index (χ0v) is 37.6. The third-order valence-corrected chi connectivity index (χ3v) is 30.8. The molecule has 44 heavy (non-hydrogen) atoms. The van der Waals surface area contributed by atoms with E-state index in [-0.39, 0.29) is 0 Å². The van der Waals surface area contributed by atoms with E-state index >= 15 is 0 Å². The molecule has 0 aliphatic rings. The molecule has 20 heteroatoms. The second-order valence-corrected chi connectivity index (χ2v) is 34.5. The molecule has 0 spiro atoms. The van der Waals surface area contributed by atoms with Gasteiger partial charge in [0.15, 0.2) is 0 Å². The van der Waals surface area contributed by atoms with Gasteiger partial charge in [0.25, 0.3) is 0 Å².